The molecule has 1 N–H and O–H groups in total. The largest absolute Gasteiger partial charge is 0.338 e. The van der Waals surface area contributed by atoms with Gasteiger partial charge in [-0.1, -0.05) is 20.8 Å². The lowest BCUT2D eigenvalue weighted by atomic mass is 9.92. The molecule has 4 nitrogen and oxygen atoms in total. The molecule has 1 fully saturated rings. The summed E-state index contributed by atoms with van der Waals surface area (Å²) in [6.45, 7) is 14.1. The maximum absolute atomic E-state index is 4.75. The first-order valence-corrected chi connectivity index (χ1v) is 8.29. The summed E-state index contributed by atoms with van der Waals surface area (Å²) in [5.74, 6) is 2.29. The summed E-state index contributed by atoms with van der Waals surface area (Å²) >= 11 is 0. The molecule has 0 bridgehead atoms. The van der Waals surface area contributed by atoms with Gasteiger partial charge >= 0.3 is 0 Å². The maximum atomic E-state index is 4.75. The van der Waals surface area contributed by atoms with E-state index in [4.69, 9.17) is 4.98 Å². The molecule has 0 spiro atoms. The molecule has 1 aliphatic heterocycles. The Morgan fingerprint density at radius 3 is 2.81 bits per heavy atom. The average molecular weight is 290 g/mol. The van der Waals surface area contributed by atoms with Gasteiger partial charge in [-0.05, 0) is 45.1 Å². The second-order valence-electron chi connectivity index (χ2n) is 6.86. The molecule has 2 unspecified atom stereocenters. The van der Waals surface area contributed by atoms with E-state index in [0.29, 0.717) is 12.0 Å². The number of aryl methyl sites for hydroxylation is 1. The van der Waals surface area contributed by atoms with Crippen molar-refractivity contribution in [3.63, 3.8) is 0 Å². The number of nitrogens with one attached hydrogen (secondary N) is 1. The number of rotatable bonds is 5. The molecule has 1 aromatic rings. The van der Waals surface area contributed by atoms with E-state index in [0.717, 1.165) is 37.2 Å². The summed E-state index contributed by atoms with van der Waals surface area (Å²) in [4.78, 5) is 11.7. The standard InChI is InChI=1S/C17H30N4/c1-12(2)9-18-10-16-11-19-17(20-14(16)4)21-8-6-7-13(3)15(21)5/h11-13,15,18H,6-10H2,1-5H3. The molecule has 21 heavy (non-hydrogen) atoms. The lowest BCUT2D eigenvalue weighted by Crippen LogP contribution is -2.43. The van der Waals surface area contributed by atoms with Gasteiger partial charge in [0.05, 0.1) is 0 Å². The first kappa shape index (κ1) is 16.2. The van der Waals surface area contributed by atoms with Crippen LogP contribution in [0.25, 0.3) is 0 Å². The van der Waals surface area contributed by atoms with Crippen molar-refractivity contribution in [1.29, 1.82) is 0 Å². The van der Waals surface area contributed by atoms with Crippen molar-refractivity contribution in [3.05, 3.63) is 17.5 Å². The Morgan fingerprint density at radius 2 is 2.14 bits per heavy atom. The van der Waals surface area contributed by atoms with Crippen LogP contribution in [0.4, 0.5) is 5.95 Å². The molecule has 2 atom stereocenters. The Labute approximate surface area is 129 Å². The van der Waals surface area contributed by atoms with Gasteiger partial charge in [-0.25, -0.2) is 9.97 Å². The third-order valence-corrected chi connectivity index (χ3v) is 4.57. The highest BCUT2D eigenvalue weighted by molar-refractivity contribution is 5.35. The van der Waals surface area contributed by atoms with Crippen molar-refractivity contribution >= 4 is 5.95 Å². The van der Waals surface area contributed by atoms with Crippen LogP contribution in [-0.4, -0.2) is 29.1 Å². The van der Waals surface area contributed by atoms with Crippen molar-refractivity contribution in [1.82, 2.24) is 15.3 Å². The molecular formula is C17H30N4. The van der Waals surface area contributed by atoms with Crippen LogP contribution in [0.1, 0.15) is 51.8 Å². The first-order valence-electron chi connectivity index (χ1n) is 8.29. The van der Waals surface area contributed by atoms with E-state index in [2.05, 4.69) is 49.8 Å². The lowest BCUT2D eigenvalue weighted by molar-refractivity contribution is 0.359. The third kappa shape index (κ3) is 4.16. The van der Waals surface area contributed by atoms with Crippen molar-refractivity contribution in [2.75, 3.05) is 18.0 Å². The summed E-state index contributed by atoms with van der Waals surface area (Å²) in [6.07, 6.45) is 4.55. The van der Waals surface area contributed by atoms with Crippen LogP contribution in [-0.2, 0) is 6.54 Å². The maximum Gasteiger partial charge on any atom is 0.225 e. The van der Waals surface area contributed by atoms with Gasteiger partial charge in [-0.2, -0.15) is 0 Å². The zero-order chi connectivity index (χ0) is 15.4. The highest BCUT2D eigenvalue weighted by atomic mass is 15.3. The summed E-state index contributed by atoms with van der Waals surface area (Å²) in [5, 5.41) is 3.46. The smallest absolute Gasteiger partial charge is 0.225 e. The molecule has 118 valence electrons. The number of hydrogen-bond donors (Lipinski definition) is 1. The van der Waals surface area contributed by atoms with Gasteiger partial charge in [0, 0.05) is 36.6 Å². The number of hydrogen-bond acceptors (Lipinski definition) is 4. The van der Waals surface area contributed by atoms with Crippen LogP contribution in [0, 0.1) is 18.8 Å². The quantitative estimate of drug-likeness (QED) is 0.904. The monoisotopic (exact) mass is 290 g/mol. The van der Waals surface area contributed by atoms with Crippen molar-refractivity contribution < 1.29 is 0 Å². The van der Waals surface area contributed by atoms with Crippen molar-refractivity contribution in [3.8, 4) is 0 Å². The minimum atomic E-state index is 0.531. The van der Waals surface area contributed by atoms with E-state index in [9.17, 15) is 0 Å². The summed E-state index contributed by atoms with van der Waals surface area (Å²) in [7, 11) is 0. The molecule has 0 aliphatic carbocycles. The van der Waals surface area contributed by atoms with Crippen LogP contribution in [0.15, 0.2) is 6.20 Å². The van der Waals surface area contributed by atoms with Gasteiger partial charge < -0.3 is 10.2 Å². The third-order valence-electron chi connectivity index (χ3n) is 4.57. The van der Waals surface area contributed by atoms with Crippen LogP contribution in [0.2, 0.25) is 0 Å². The Morgan fingerprint density at radius 1 is 1.38 bits per heavy atom. The molecule has 0 radical (unpaired) electrons. The van der Waals surface area contributed by atoms with Crippen LogP contribution >= 0.6 is 0 Å². The number of aromatic nitrogens is 2. The molecule has 1 saturated heterocycles. The molecule has 1 aliphatic rings. The fourth-order valence-electron chi connectivity index (χ4n) is 2.90. The zero-order valence-corrected chi connectivity index (χ0v) is 14.2. The van der Waals surface area contributed by atoms with Crippen LogP contribution in [0.3, 0.4) is 0 Å². The van der Waals surface area contributed by atoms with E-state index in [1.807, 2.05) is 6.20 Å². The Balaban J connectivity index is 2.04. The molecule has 0 saturated carbocycles. The second kappa shape index (κ2) is 7.21. The van der Waals surface area contributed by atoms with Crippen molar-refractivity contribution in [2.45, 2.75) is 60.0 Å². The van der Waals surface area contributed by atoms with Gasteiger partial charge in [0.15, 0.2) is 0 Å². The zero-order valence-electron chi connectivity index (χ0n) is 14.2. The highest BCUT2D eigenvalue weighted by Gasteiger charge is 2.26. The SMILES string of the molecule is Cc1nc(N2CCCC(C)C2C)ncc1CNCC(C)C. The predicted octanol–water partition coefficient (Wildman–Crippen LogP) is 3.16. The molecule has 0 aromatic carbocycles. The molecule has 2 rings (SSSR count). The van der Waals surface area contributed by atoms with Crippen LogP contribution in [0.5, 0.6) is 0 Å². The van der Waals surface area contributed by atoms with Gasteiger partial charge in [0.1, 0.15) is 0 Å². The minimum Gasteiger partial charge on any atom is -0.338 e. The molecular weight excluding hydrogens is 260 g/mol. The van der Waals surface area contributed by atoms with Crippen molar-refractivity contribution in [2.24, 2.45) is 11.8 Å². The van der Waals surface area contributed by atoms with E-state index in [1.54, 1.807) is 0 Å². The lowest BCUT2D eigenvalue weighted by Gasteiger charge is -2.38. The highest BCUT2D eigenvalue weighted by Crippen LogP contribution is 2.26. The fraction of sp³-hybridized carbons (Fsp3) is 0.765. The average Bonchev–Trinajstić information content (AvgIpc) is 2.43. The Hall–Kier alpha value is -1.16. The first-order chi connectivity index (χ1) is 9.99. The van der Waals surface area contributed by atoms with E-state index in [-0.39, 0.29) is 0 Å². The topological polar surface area (TPSA) is 41.1 Å². The Bertz CT molecular complexity index is 458. The molecule has 2 heterocycles. The predicted molar refractivity (Wildman–Crippen MR) is 88.5 cm³/mol. The fourth-order valence-corrected chi connectivity index (χ4v) is 2.90. The van der Waals surface area contributed by atoms with Gasteiger partial charge in [0.25, 0.3) is 0 Å². The summed E-state index contributed by atoms with van der Waals surface area (Å²) in [6, 6.07) is 0.531. The van der Waals surface area contributed by atoms with Gasteiger partial charge in [0.2, 0.25) is 5.95 Å². The minimum absolute atomic E-state index is 0.531. The number of nitrogens with zero attached hydrogens (tertiary/aromatic N) is 3. The molecule has 0 amide bonds. The summed E-state index contributed by atoms with van der Waals surface area (Å²) < 4.78 is 0. The number of anilines is 1. The van der Waals surface area contributed by atoms with E-state index < -0.39 is 0 Å². The van der Waals surface area contributed by atoms with Gasteiger partial charge in [-0.15, -0.1) is 0 Å². The molecule has 1 aromatic heterocycles. The molecule has 4 heteroatoms. The van der Waals surface area contributed by atoms with E-state index in [1.165, 1.54) is 18.4 Å². The normalized spacial score (nSPS) is 22.9. The second-order valence-corrected chi connectivity index (χ2v) is 6.86. The number of piperidine rings is 1. The summed E-state index contributed by atoms with van der Waals surface area (Å²) in [5.41, 5.74) is 2.30. The Kier molecular flexibility index (Phi) is 5.57. The van der Waals surface area contributed by atoms with Crippen LogP contribution < -0.4 is 10.2 Å². The van der Waals surface area contributed by atoms with E-state index >= 15 is 0 Å². The van der Waals surface area contributed by atoms with Gasteiger partial charge in [-0.3, -0.25) is 0 Å².